The third kappa shape index (κ3) is 2.07. The Labute approximate surface area is 103 Å². The molecule has 0 aliphatic carbocycles. The maximum Gasteiger partial charge on any atom is 0.324 e. The van der Waals surface area contributed by atoms with Gasteiger partial charge in [0.15, 0.2) is 0 Å². The standard InChI is InChI=1S/C14H21NO2/c1-13(2,11-9-7-6-8-10-11)14(3,12(16)17)15(4)5/h6-10H,1-5H3,(H,16,17)/t14-/m1/s1. The average molecular weight is 235 g/mol. The molecule has 0 aliphatic heterocycles. The van der Waals surface area contributed by atoms with E-state index in [0.717, 1.165) is 5.56 Å². The minimum Gasteiger partial charge on any atom is -0.480 e. The largest absolute Gasteiger partial charge is 0.480 e. The molecular formula is C14H21NO2. The topological polar surface area (TPSA) is 40.5 Å². The zero-order valence-corrected chi connectivity index (χ0v) is 11.2. The molecule has 1 atom stereocenters. The Morgan fingerprint density at radius 2 is 1.59 bits per heavy atom. The first-order valence-electron chi connectivity index (χ1n) is 5.71. The first-order chi connectivity index (χ1) is 7.74. The van der Waals surface area contributed by atoms with Crippen LogP contribution in [0.4, 0.5) is 0 Å². The molecule has 94 valence electrons. The number of nitrogens with zero attached hydrogens (tertiary/aromatic N) is 1. The summed E-state index contributed by atoms with van der Waals surface area (Å²) in [6.45, 7) is 5.70. The summed E-state index contributed by atoms with van der Waals surface area (Å²) in [5.74, 6) is -0.809. The van der Waals surface area contributed by atoms with E-state index in [-0.39, 0.29) is 0 Å². The number of aliphatic carboxylic acids is 1. The number of carboxylic acid groups (broad SMARTS) is 1. The zero-order chi connectivity index (χ0) is 13.3. The third-order valence-corrected chi connectivity index (χ3v) is 4.02. The van der Waals surface area contributed by atoms with Gasteiger partial charge in [-0.15, -0.1) is 0 Å². The van der Waals surface area contributed by atoms with E-state index in [2.05, 4.69) is 0 Å². The van der Waals surface area contributed by atoms with Crippen LogP contribution in [0.25, 0.3) is 0 Å². The Bertz CT molecular complexity index is 398. The van der Waals surface area contributed by atoms with E-state index >= 15 is 0 Å². The highest BCUT2D eigenvalue weighted by molar-refractivity contribution is 5.81. The lowest BCUT2D eigenvalue weighted by Crippen LogP contribution is -2.60. The summed E-state index contributed by atoms with van der Waals surface area (Å²) in [5.41, 5.74) is -0.406. The van der Waals surface area contributed by atoms with Crippen LogP contribution in [0, 0.1) is 0 Å². The minimum atomic E-state index is -0.950. The van der Waals surface area contributed by atoms with Crippen LogP contribution in [0.1, 0.15) is 26.3 Å². The molecule has 0 unspecified atom stereocenters. The van der Waals surface area contributed by atoms with Crippen molar-refractivity contribution < 1.29 is 9.90 Å². The number of benzene rings is 1. The molecule has 0 saturated carbocycles. The summed E-state index contributed by atoms with van der Waals surface area (Å²) in [5, 5.41) is 9.56. The van der Waals surface area contributed by atoms with Crippen molar-refractivity contribution in [3.8, 4) is 0 Å². The quantitative estimate of drug-likeness (QED) is 0.871. The summed E-state index contributed by atoms with van der Waals surface area (Å²) in [6, 6.07) is 9.77. The lowest BCUT2D eigenvalue weighted by atomic mass is 9.68. The molecule has 0 spiro atoms. The Kier molecular flexibility index (Phi) is 3.62. The van der Waals surface area contributed by atoms with Crippen molar-refractivity contribution >= 4 is 5.97 Å². The first-order valence-corrected chi connectivity index (χ1v) is 5.71. The van der Waals surface area contributed by atoms with Crippen LogP contribution in [0.15, 0.2) is 30.3 Å². The van der Waals surface area contributed by atoms with Gasteiger partial charge in [-0.25, -0.2) is 0 Å². The van der Waals surface area contributed by atoms with Crippen LogP contribution in [0.2, 0.25) is 0 Å². The van der Waals surface area contributed by atoms with Gasteiger partial charge < -0.3 is 5.11 Å². The van der Waals surface area contributed by atoms with Crippen molar-refractivity contribution in [2.45, 2.75) is 31.7 Å². The summed E-state index contributed by atoms with van der Waals surface area (Å²) in [6.07, 6.45) is 0. The van der Waals surface area contributed by atoms with Crippen molar-refractivity contribution in [1.82, 2.24) is 4.90 Å². The second-order valence-corrected chi connectivity index (χ2v) is 5.26. The van der Waals surface area contributed by atoms with Crippen molar-refractivity contribution in [2.24, 2.45) is 0 Å². The van der Waals surface area contributed by atoms with Gasteiger partial charge in [-0.1, -0.05) is 44.2 Å². The van der Waals surface area contributed by atoms with Crippen LogP contribution in [-0.4, -0.2) is 35.6 Å². The highest BCUT2D eigenvalue weighted by atomic mass is 16.4. The zero-order valence-electron chi connectivity index (χ0n) is 11.2. The predicted molar refractivity (Wildman–Crippen MR) is 69.2 cm³/mol. The molecule has 0 amide bonds. The van der Waals surface area contributed by atoms with Crippen molar-refractivity contribution in [2.75, 3.05) is 14.1 Å². The molecule has 0 saturated heterocycles. The van der Waals surface area contributed by atoms with Gasteiger partial charge in [0.05, 0.1) is 0 Å². The first kappa shape index (κ1) is 13.7. The predicted octanol–water partition coefficient (Wildman–Crippen LogP) is 2.37. The van der Waals surface area contributed by atoms with E-state index in [1.54, 1.807) is 25.9 Å². The maximum absolute atomic E-state index is 11.6. The summed E-state index contributed by atoms with van der Waals surface area (Å²) in [4.78, 5) is 13.4. The third-order valence-electron chi connectivity index (χ3n) is 4.02. The molecule has 0 radical (unpaired) electrons. The molecule has 1 N–H and O–H groups in total. The van der Waals surface area contributed by atoms with Gasteiger partial charge in [0, 0.05) is 5.41 Å². The Morgan fingerprint density at radius 3 is 1.94 bits per heavy atom. The number of hydrogen-bond donors (Lipinski definition) is 1. The van der Waals surface area contributed by atoms with Gasteiger partial charge in [-0.05, 0) is 26.6 Å². The molecule has 1 aromatic rings. The van der Waals surface area contributed by atoms with Crippen molar-refractivity contribution in [3.63, 3.8) is 0 Å². The van der Waals surface area contributed by atoms with Crippen molar-refractivity contribution in [3.05, 3.63) is 35.9 Å². The van der Waals surface area contributed by atoms with Gasteiger partial charge in [0.25, 0.3) is 0 Å². The van der Waals surface area contributed by atoms with Gasteiger partial charge in [-0.3, -0.25) is 9.69 Å². The summed E-state index contributed by atoms with van der Waals surface area (Å²) < 4.78 is 0. The van der Waals surface area contributed by atoms with Crippen LogP contribution < -0.4 is 0 Å². The van der Waals surface area contributed by atoms with E-state index in [4.69, 9.17) is 0 Å². The van der Waals surface area contributed by atoms with Crippen LogP contribution in [-0.2, 0) is 10.2 Å². The summed E-state index contributed by atoms with van der Waals surface area (Å²) in [7, 11) is 3.61. The fraction of sp³-hybridized carbons (Fsp3) is 0.500. The normalized spacial score (nSPS) is 15.6. The molecule has 0 bridgehead atoms. The van der Waals surface area contributed by atoms with E-state index in [1.807, 2.05) is 44.2 Å². The van der Waals surface area contributed by atoms with Gasteiger partial charge in [0.2, 0.25) is 0 Å². The smallest absolute Gasteiger partial charge is 0.324 e. The monoisotopic (exact) mass is 235 g/mol. The Morgan fingerprint density at radius 1 is 1.12 bits per heavy atom. The van der Waals surface area contributed by atoms with E-state index < -0.39 is 16.9 Å². The Hall–Kier alpha value is -1.35. The molecule has 0 aromatic heterocycles. The highest BCUT2D eigenvalue weighted by Crippen LogP contribution is 2.38. The SMILES string of the molecule is CN(C)[C@](C)(C(=O)O)C(C)(C)c1ccccc1. The van der Waals surface area contributed by atoms with Crippen LogP contribution >= 0.6 is 0 Å². The number of hydrogen-bond acceptors (Lipinski definition) is 2. The molecule has 1 rings (SSSR count). The molecule has 0 heterocycles. The number of carbonyl (C=O) groups is 1. The highest BCUT2D eigenvalue weighted by Gasteiger charge is 2.50. The van der Waals surface area contributed by atoms with E-state index in [0.29, 0.717) is 0 Å². The van der Waals surface area contributed by atoms with Crippen LogP contribution in [0.3, 0.4) is 0 Å². The molecule has 3 nitrogen and oxygen atoms in total. The molecular weight excluding hydrogens is 214 g/mol. The van der Waals surface area contributed by atoms with E-state index in [9.17, 15) is 9.90 Å². The number of rotatable bonds is 4. The molecule has 1 aromatic carbocycles. The number of likely N-dealkylation sites (N-methyl/N-ethyl adjacent to an activating group) is 1. The lowest BCUT2D eigenvalue weighted by Gasteiger charge is -2.45. The maximum atomic E-state index is 11.6. The minimum absolute atomic E-state index is 0.483. The Balaban J connectivity index is 3.33. The fourth-order valence-corrected chi connectivity index (χ4v) is 2.15. The van der Waals surface area contributed by atoms with Gasteiger partial charge >= 0.3 is 5.97 Å². The van der Waals surface area contributed by atoms with E-state index in [1.165, 1.54) is 0 Å². The molecule has 3 heteroatoms. The molecule has 17 heavy (non-hydrogen) atoms. The van der Waals surface area contributed by atoms with Crippen LogP contribution in [0.5, 0.6) is 0 Å². The average Bonchev–Trinajstić information content (AvgIpc) is 2.28. The lowest BCUT2D eigenvalue weighted by molar-refractivity contribution is -0.153. The van der Waals surface area contributed by atoms with Gasteiger partial charge in [0.1, 0.15) is 5.54 Å². The number of carboxylic acids is 1. The fourth-order valence-electron chi connectivity index (χ4n) is 2.15. The van der Waals surface area contributed by atoms with Gasteiger partial charge in [-0.2, -0.15) is 0 Å². The molecule has 0 fully saturated rings. The second kappa shape index (κ2) is 4.49. The second-order valence-electron chi connectivity index (χ2n) is 5.26. The van der Waals surface area contributed by atoms with Crippen molar-refractivity contribution in [1.29, 1.82) is 0 Å². The molecule has 0 aliphatic rings. The summed E-state index contributed by atoms with van der Waals surface area (Å²) >= 11 is 0.